The van der Waals surface area contributed by atoms with Crippen LogP contribution in [0.4, 0.5) is 19.3 Å². The monoisotopic (exact) mass is 340 g/mol. The van der Waals surface area contributed by atoms with Crippen LogP contribution in [0.3, 0.4) is 0 Å². The fraction of sp³-hybridized carbons (Fsp3) is 0.0714. The Morgan fingerprint density at radius 2 is 1.85 bits per heavy atom. The average Bonchev–Trinajstić information content (AvgIpc) is 2.41. The Kier molecular flexibility index (Phi) is 4.68. The van der Waals surface area contributed by atoms with Crippen molar-refractivity contribution < 1.29 is 13.6 Å². The first-order valence-corrected chi connectivity index (χ1v) is 6.59. The molecule has 104 valence electrons. The highest BCUT2D eigenvalue weighted by molar-refractivity contribution is 9.10. The van der Waals surface area contributed by atoms with E-state index in [4.69, 9.17) is 0 Å². The molecule has 0 saturated heterocycles. The van der Waals surface area contributed by atoms with Crippen LogP contribution in [0.5, 0.6) is 0 Å². The SMILES string of the molecule is O=C(NCc1ccccc1F)Nc1ccc(Br)cc1F. The standard InChI is InChI=1S/C14H11BrF2N2O/c15-10-5-6-13(12(17)7-10)19-14(20)18-8-9-3-1-2-4-11(9)16/h1-7H,8H2,(H2,18,19,20). The number of nitrogens with one attached hydrogen (secondary N) is 2. The van der Waals surface area contributed by atoms with E-state index in [0.717, 1.165) is 0 Å². The molecule has 3 nitrogen and oxygen atoms in total. The second-order valence-corrected chi connectivity index (χ2v) is 4.94. The van der Waals surface area contributed by atoms with Crippen LogP contribution in [-0.4, -0.2) is 6.03 Å². The molecule has 0 aliphatic heterocycles. The van der Waals surface area contributed by atoms with Gasteiger partial charge in [0.1, 0.15) is 11.6 Å². The summed E-state index contributed by atoms with van der Waals surface area (Å²) in [4.78, 5) is 11.6. The summed E-state index contributed by atoms with van der Waals surface area (Å²) in [5.74, 6) is -0.956. The molecule has 0 aliphatic rings. The minimum atomic E-state index is -0.602. The lowest BCUT2D eigenvalue weighted by molar-refractivity contribution is 0.251. The molecule has 0 saturated carbocycles. The third-order valence-electron chi connectivity index (χ3n) is 2.58. The highest BCUT2D eigenvalue weighted by Gasteiger charge is 2.08. The van der Waals surface area contributed by atoms with Gasteiger partial charge in [0.15, 0.2) is 0 Å². The number of hydrogen-bond donors (Lipinski definition) is 2. The van der Waals surface area contributed by atoms with Crippen molar-refractivity contribution in [3.8, 4) is 0 Å². The van der Waals surface area contributed by atoms with Gasteiger partial charge in [-0.1, -0.05) is 34.1 Å². The molecule has 0 fully saturated rings. The number of urea groups is 1. The van der Waals surface area contributed by atoms with Gasteiger partial charge in [-0.05, 0) is 24.3 Å². The smallest absolute Gasteiger partial charge is 0.319 e. The topological polar surface area (TPSA) is 41.1 Å². The summed E-state index contributed by atoms with van der Waals surface area (Å²) in [6.07, 6.45) is 0. The molecule has 2 aromatic rings. The molecule has 0 heterocycles. The highest BCUT2D eigenvalue weighted by atomic mass is 79.9. The van der Waals surface area contributed by atoms with E-state index in [1.807, 2.05) is 0 Å². The summed E-state index contributed by atoms with van der Waals surface area (Å²) in [6.45, 7) is 0.0245. The molecule has 0 atom stereocenters. The van der Waals surface area contributed by atoms with Gasteiger partial charge in [0.25, 0.3) is 0 Å². The highest BCUT2D eigenvalue weighted by Crippen LogP contribution is 2.19. The Bertz CT molecular complexity index is 634. The Morgan fingerprint density at radius 1 is 1.10 bits per heavy atom. The maximum Gasteiger partial charge on any atom is 0.319 e. The van der Waals surface area contributed by atoms with Gasteiger partial charge in [0, 0.05) is 16.6 Å². The van der Waals surface area contributed by atoms with E-state index in [9.17, 15) is 13.6 Å². The maximum absolute atomic E-state index is 13.5. The molecule has 0 spiro atoms. The first-order valence-electron chi connectivity index (χ1n) is 5.79. The summed E-state index contributed by atoms with van der Waals surface area (Å²) in [6, 6.07) is 9.79. The van der Waals surface area contributed by atoms with Crippen LogP contribution < -0.4 is 10.6 Å². The molecule has 0 unspecified atom stereocenters. The largest absolute Gasteiger partial charge is 0.334 e. The predicted molar refractivity (Wildman–Crippen MR) is 76.4 cm³/mol. The minimum absolute atomic E-state index is 0.0245. The van der Waals surface area contributed by atoms with Gasteiger partial charge in [-0.25, -0.2) is 13.6 Å². The van der Waals surface area contributed by atoms with Crippen molar-refractivity contribution in [2.75, 3.05) is 5.32 Å². The van der Waals surface area contributed by atoms with Gasteiger partial charge >= 0.3 is 6.03 Å². The zero-order valence-corrected chi connectivity index (χ0v) is 11.9. The van der Waals surface area contributed by atoms with Crippen LogP contribution in [0.1, 0.15) is 5.56 Å². The van der Waals surface area contributed by atoms with Crippen molar-refractivity contribution >= 4 is 27.6 Å². The van der Waals surface area contributed by atoms with Gasteiger partial charge in [-0.2, -0.15) is 0 Å². The summed E-state index contributed by atoms with van der Waals surface area (Å²) in [5, 5.41) is 4.82. The lowest BCUT2D eigenvalue weighted by atomic mass is 10.2. The van der Waals surface area contributed by atoms with Crippen LogP contribution in [-0.2, 0) is 6.54 Å². The van der Waals surface area contributed by atoms with Crippen molar-refractivity contribution in [3.05, 3.63) is 64.1 Å². The molecule has 20 heavy (non-hydrogen) atoms. The van der Waals surface area contributed by atoms with E-state index in [0.29, 0.717) is 10.0 Å². The lowest BCUT2D eigenvalue weighted by Gasteiger charge is -2.09. The quantitative estimate of drug-likeness (QED) is 0.869. The average molecular weight is 341 g/mol. The minimum Gasteiger partial charge on any atom is -0.334 e. The molecule has 2 N–H and O–H groups in total. The molecule has 0 bridgehead atoms. The fourth-order valence-corrected chi connectivity index (χ4v) is 1.91. The fourth-order valence-electron chi connectivity index (χ4n) is 1.57. The van der Waals surface area contributed by atoms with Crippen LogP contribution in [0.25, 0.3) is 0 Å². The number of carbonyl (C=O) groups excluding carboxylic acids is 1. The summed E-state index contributed by atoms with van der Waals surface area (Å²) in [7, 11) is 0. The number of amides is 2. The van der Waals surface area contributed by atoms with Crippen LogP contribution in [0, 0.1) is 11.6 Å². The number of rotatable bonds is 3. The Labute approximate surface area is 123 Å². The van der Waals surface area contributed by atoms with Crippen LogP contribution in [0.2, 0.25) is 0 Å². The number of anilines is 1. The third-order valence-corrected chi connectivity index (χ3v) is 3.07. The molecular formula is C14H11BrF2N2O. The van der Waals surface area contributed by atoms with E-state index in [1.165, 1.54) is 18.2 Å². The van der Waals surface area contributed by atoms with Gasteiger partial charge in [0.2, 0.25) is 0 Å². The molecule has 2 aromatic carbocycles. The Morgan fingerprint density at radius 3 is 2.55 bits per heavy atom. The van der Waals surface area contributed by atoms with E-state index >= 15 is 0 Å². The third kappa shape index (κ3) is 3.77. The van der Waals surface area contributed by atoms with Crippen molar-refractivity contribution in [2.24, 2.45) is 0 Å². The second kappa shape index (κ2) is 6.47. The maximum atomic E-state index is 13.5. The van der Waals surface area contributed by atoms with Crippen molar-refractivity contribution in [3.63, 3.8) is 0 Å². The van der Waals surface area contributed by atoms with Gasteiger partial charge in [-0.3, -0.25) is 0 Å². The molecular weight excluding hydrogens is 330 g/mol. The van der Waals surface area contributed by atoms with E-state index in [-0.39, 0.29) is 12.2 Å². The van der Waals surface area contributed by atoms with Crippen molar-refractivity contribution in [1.29, 1.82) is 0 Å². The molecule has 0 radical (unpaired) electrons. The number of hydrogen-bond acceptors (Lipinski definition) is 1. The van der Waals surface area contributed by atoms with E-state index in [2.05, 4.69) is 26.6 Å². The number of halogens is 3. The number of carbonyl (C=O) groups is 1. The summed E-state index contributed by atoms with van der Waals surface area (Å²) in [5.41, 5.74) is 0.415. The van der Waals surface area contributed by atoms with E-state index in [1.54, 1.807) is 24.3 Å². The normalized spacial score (nSPS) is 10.2. The zero-order valence-electron chi connectivity index (χ0n) is 10.3. The lowest BCUT2D eigenvalue weighted by Crippen LogP contribution is -2.28. The molecule has 0 aliphatic carbocycles. The Balaban J connectivity index is 1.94. The first kappa shape index (κ1) is 14.5. The van der Waals surface area contributed by atoms with Crippen molar-refractivity contribution in [1.82, 2.24) is 5.32 Å². The molecule has 0 aromatic heterocycles. The first-order chi connectivity index (χ1) is 9.56. The molecule has 2 amide bonds. The van der Waals surface area contributed by atoms with Crippen molar-refractivity contribution in [2.45, 2.75) is 6.54 Å². The Hall–Kier alpha value is -1.95. The summed E-state index contributed by atoms with van der Waals surface area (Å²) < 4.78 is 27.4. The molecule has 2 rings (SSSR count). The van der Waals surface area contributed by atoms with E-state index < -0.39 is 17.7 Å². The predicted octanol–water partition coefficient (Wildman–Crippen LogP) is 4.05. The van der Waals surface area contributed by atoms with Crippen LogP contribution >= 0.6 is 15.9 Å². The zero-order chi connectivity index (χ0) is 14.5. The summed E-state index contributed by atoms with van der Waals surface area (Å²) >= 11 is 3.12. The van der Waals surface area contributed by atoms with Gasteiger partial charge < -0.3 is 10.6 Å². The van der Waals surface area contributed by atoms with Gasteiger partial charge in [-0.15, -0.1) is 0 Å². The molecule has 6 heteroatoms. The second-order valence-electron chi connectivity index (χ2n) is 4.02. The van der Waals surface area contributed by atoms with Crippen LogP contribution in [0.15, 0.2) is 46.9 Å². The number of benzene rings is 2. The van der Waals surface area contributed by atoms with Gasteiger partial charge in [0.05, 0.1) is 5.69 Å².